The van der Waals surface area contributed by atoms with Gasteiger partial charge in [0.05, 0.1) is 0 Å². The van der Waals surface area contributed by atoms with Crippen LogP contribution in [-0.4, -0.2) is 0 Å². The number of aryl methyl sites for hydroxylation is 2. The summed E-state index contributed by atoms with van der Waals surface area (Å²) in [5, 5.41) is 0. The van der Waals surface area contributed by atoms with E-state index in [9.17, 15) is 0 Å². The Morgan fingerprint density at radius 3 is 1.44 bits per heavy atom. The van der Waals surface area contributed by atoms with Gasteiger partial charge in [-0.05, 0) is 0 Å². The molecule has 0 radical (unpaired) electrons. The van der Waals surface area contributed by atoms with Gasteiger partial charge in [-0.25, -0.2) is 0 Å². The van der Waals surface area contributed by atoms with Gasteiger partial charge in [-0.2, -0.15) is 0 Å². The van der Waals surface area contributed by atoms with Crippen molar-refractivity contribution in [3.63, 3.8) is 0 Å². The first-order valence-corrected chi connectivity index (χ1v) is 27.9. The fraction of sp³-hybridized carbons (Fsp3) is 0.333. The number of rotatable bonds is 6. The van der Waals surface area contributed by atoms with Crippen LogP contribution in [-0.2, 0) is 32.8 Å². The quantitative estimate of drug-likeness (QED) is 0.173. The average molecular weight is 729 g/mol. The van der Waals surface area contributed by atoms with Crippen LogP contribution in [0.3, 0.4) is 0 Å². The van der Waals surface area contributed by atoms with Crippen molar-refractivity contribution in [1.82, 2.24) is 0 Å². The third kappa shape index (κ3) is 4.32. The number of fused-ring (bicyclic) bond motifs is 6. The summed E-state index contributed by atoms with van der Waals surface area (Å²) in [6, 6.07) is 32.6. The molecule has 7 rings (SSSR count). The van der Waals surface area contributed by atoms with E-state index in [1.165, 1.54) is 50.9 Å². The first kappa shape index (κ1) is 29.0. The van der Waals surface area contributed by atoms with Gasteiger partial charge in [-0.1, -0.05) is 0 Å². The zero-order valence-electron chi connectivity index (χ0n) is 27.1. The molecule has 1 fully saturated rings. The van der Waals surface area contributed by atoms with Crippen LogP contribution in [0.4, 0.5) is 0 Å². The van der Waals surface area contributed by atoms with E-state index in [0.29, 0.717) is 13.3 Å². The molecule has 1 heteroatoms. The summed E-state index contributed by atoms with van der Waals surface area (Å²) < 4.78 is 6.78. The SMILES string of the molecule is CCc1ccccc1-c1cccc2c1C=C1[CH]2[Hf]([CH3])([CH3])[CH]2C(=Cc3c(-c4ccccc4CC)cccc32)C1(C)CC(C)C. The molecule has 0 aromatic heterocycles. The molecule has 4 aromatic rings. The van der Waals surface area contributed by atoms with E-state index in [-0.39, 0.29) is 5.41 Å². The normalized spacial score (nSPS) is 22.9. The van der Waals surface area contributed by atoms with Crippen LogP contribution in [0.1, 0.15) is 81.8 Å². The number of hydrogen-bond donors (Lipinski definition) is 0. The van der Waals surface area contributed by atoms with Gasteiger partial charge < -0.3 is 0 Å². The first-order valence-electron chi connectivity index (χ1n) is 16.6. The third-order valence-corrected chi connectivity index (χ3v) is 26.2. The van der Waals surface area contributed by atoms with Gasteiger partial charge >= 0.3 is 266 Å². The molecule has 0 saturated carbocycles. The summed E-state index contributed by atoms with van der Waals surface area (Å²) in [4.78, 5) is 0. The van der Waals surface area contributed by atoms with Crippen LogP contribution in [0, 0.1) is 11.3 Å². The fourth-order valence-corrected chi connectivity index (χ4v) is 26.8. The second kappa shape index (κ2) is 10.7. The van der Waals surface area contributed by atoms with Crippen molar-refractivity contribution in [2.24, 2.45) is 11.3 Å². The Labute approximate surface area is 264 Å². The summed E-state index contributed by atoms with van der Waals surface area (Å²) in [6.45, 7) is 12.1. The standard InChI is InChI=1S/C40H40.2CH3.Hf/c1-6-28-14-8-10-18-34(28)36-20-12-16-30-22-32(24-38(30)36)40(5,26-27(3)4)33-23-31-17-13-21-37(39(31)25-33)35-19-11-9-15-29(35)7-2;;;/h8-25,27H,6-7,26H2,1-5H3;2*1H3;. The molecule has 0 nitrogen and oxygen atoms in total. The van der Waals surface area contributed by atoms with Gasteiger partial charge in [0, 0.05) is 0 Å². The number of benzene rings is 4. The van der Waals surface area contributed by atoms with E-state index in [1.54, 1.807) is 22.3 Å². The second-order valence-corrected chi connectivity index (χ2v) is 31.7. The molecule has 1 saturated heterocycles. The molecule has 4 aromatic carbocycles. The van der Waals surface area contributed by atoms with Gasteiger partial charge in [-0.3, -0.25) is 0 Å². The summed E-state index contributed by atoms with van der Waals surface area (Å²) in [5.41, 5.74) is 18.4. The zero-order valence-corrected chi connectivity index (χ0v) is 30.7. The van der Waals surface area contributed by atoms with E-state index >= 15 is 0 Å². The van der Waals surface area contributed by atoms with Crippen molar-refractivity contribution >= 4 is 12.2 Å². The van der Waals surface area contributed by atoms with Crippen LogP contribution in [0.2, 0.25) is 9.36 Å². The predicted molar refractivity (Wildman–Crippen MR) is 183 cm³/mol. The molecule has 43 heavy (non-hydrogen) atoms. The molecular weight excluding hydrogens is 683 g/mol. The third-order valence-electron chi connectivity index (χ3n) is 11.1. The van der Waals surface area contributed by atoms with Crippen molar-refractivity contribution in [3.8, 4) is 22.3 Å². The Kier molecular flexibility index (Phi) is 7.20. The summed E-state index contributed by atoms with van der Waals surface area (Å²) in [7, 11) is 0. The number of allylic oxidation sites excluding steroid dienone is 2. The molecule has 0 amide bonds. The summed E-state index contributed by atoms with van der Waals surface area (Å²) >= 11 is -3.10. The molecule has 2 unspecified atom stereocenters. The molecule has 2 aliphatic carbocycles. The Morgan fingerprint density at radius 1 is 0.605 bits per heavy atom. The maximum atomic E-state index is 2.78. The van der Waals surface area contributed by atoms with Crippen molar-refractivity contribution in [3.05, 3.63) is 129 Å². The second-order valence-electron chi connectivity index (χ2n) is 14.5. The topological polar surface area (TPSA) is 0 Å². The van der Waals surface area contributed by atoms with Gasteiger partial charge in [0.1, 0.15) is 0 Å². The van der Waals surface area contributed by atoms with Crippen LogP contribution in [0.15, 0.2) is 96.1 Å². The van der Waals surface area contributed by atoms with E-state index in [2.05, 4.69) is 141 Å². The Morgan fingerprint density at radius 2 is 1.02 bits per heavy atom. The molecule has 3 aliphatic rings. The van der Waals surface area contributed by atoms with Crippen LogP contribution in [0.25, 0.3) is 34.4 Å². The fourth-order valence-electron chi connectivity index (χ4n) is 9.40. The maximum absolute atomic E-state index is 3.10. The summed E-state index contributed by atoms with van der Waals surface area (Å²) in [6.07, 6.45) is 8.71. The van der Waals surface area contributed by atoms with Gasteiger partial charge in [0.15, 0.2) is 0 Å². The molecule has 218 valence electrons. The van der Waals surface area contributed by atoms with Crippen LogP contribution in [0.5, 0.6) is 0 Å². The zero-order chi connectivity index (χ0) is 30.1. The Hall–Kier alpha value is -2.77. The predicted octanol–water partition coefficient (Wildman–Crippen LogP) is 12.0. The van der Waals surface area contributed by atoms with Gasteiger partial charge in [0.25, 0.3) is 0 Å². The van der Waals surface area contributed by atoms with E-state index < -0.39 is 20.0 Å². The monoisotopic (exact) mass is 730 g/mol. The van der Waals surface area contributed by atoms with Crippen molar-refractivity contribution in [2.75, 3.05) is 0 Å². The Bertz CT molecular complexity index is 1670. The van der Waals surface area contributed by atoms with Crippen molar-refractivity contribution < 1.29 is 20.0 Å². The molecule has 1 heterocycles. The molecular formula is C42H46Hf. The first-order chi connectivity index (χ1) is 20.7. The van der Waals surface area contributed by atoms with E-state index in [1.807, 2.05) is 0 Å². The molecule has 0 N–H and O–H groups in total. The molecule has 1 aliphatic heterocycles. The summed E-state index contributed by atoms with van der Waals surface area (Å²) in [5.74, 6) is 0.624. The molecule has 2 atom stereocenters. The van der Waals surface area contributed by atoms with Crippen LogP contribution < -0.4 is 0 Å². The van der Waals surface area contributed by atoms with Crippen molar-refractivity contribution in [1.29, 1.82) is 0 Å². The average Bonchev–Trinajstić information content (AvgIpc) is 3.62. The van der Waals surface area contributed by atoms with Gasteiger partial charge in [-0.15, -0.1) is 0 Å². The molecule has 0 spiro atoms. The van der Waals surface area contributed by atoms with Gasteiger partial charge in [0.2, 0.25) is 0 Å². The minimum absolute atomic E-state index is 0.0557. The Balaban J connectivity index is 1.47. The van der Waals surface area contributed by atoms with E-state index in [4.69, 9.17) is 0 Å². The van der Waals surface area contributed by atoms with Crippen LogP contribution >= 0.6 is 0 Å². The molecule has 0 bridgehead atoms. The van der Waals surface area contributed by atoms with Crippen molar-refractivity contribution in [2.45, 2.75) is 70.6 Å². The van der Waals surface area contributed by atoms with E-state index in [0.717, 1.165) is 12.8 Å². The minimum atomic E-state index is -3.10. The number of hydrogen-bond acceptors (Lipinski definition) is 0.